The molecule has 1 N–H and O–H groups in total. The largest absolute Gasteiger partial charge is 0.382 e. The van der Waals surface area contributed by atoms with Crippen LogP contribution in [0.3, 0.4) is 0 Å². The van der Waals surface area contributed by atoms with E-state index < -0.39 is 0 Å². The fourth-order valence-corrected chi connectivity index (χ4v) is 1.31. The quantitative estimate of drug-likeness (QED) is 0.518. The Kier molecular flexibility index (Phi) is 12.8. The summed E-state index contributed by atoms with van der Waals surface area (Å²) in [5, 5.41) is 3.33. The van der Waals surface area contributed by atoms with Crippen LogP contribution in [0.15, 0.2) is 0 Å². The zero-order chi connectivity index (χ0) is 12.1. The van der Waals surface area contributed by atoms with Crippen molar-refractivity contribution in [3.05, 3.63) is 0 Å². The number of hydrogen-bond donors (Lipinski definition) is 1. The topological polar surface area (TPSA) is 39.7 Å². The van der Waals surface area contributed by atoms with Gasteiger partial charge in [0.15, 0.2) is 0 Å². The zero-order valence-corrected chi connectivity index (χ0v) is 11.0. The fraction of sp³-hybridized carbons (Fsp3) is 1.00. The van der Waals surface area contributed by atoms with Gasteiger partial charge in [-0.3, -0.25) is 0 Å². The number of nitrogens with one attached hydrogen (secondary N) is 1. The van der Waals surface area contributed by atoms with Crippen molar-refractivity contribution in [1.29, 1.82) is 0 Å². The van der Waals surface area contributed by atoms with Gasteiger partial charge in [0.2, 0.25) is 0 Å². The highest BCUT2D eigenvalue weighted by Gasteiger charge is 2.07. The Hall–Kier alpha value is -0.160. The van der Waals surface area contributed by atoms with Crippen molar-refractivity contribution < 1.29 is 14.2 Å². The summed E-state index contributed by atoms with van der Waals surface area (Å²) >= 11 is 0. The molecule has 0 radical (unpaired) electrons. The molecule has 1 atom stereocenters. The summed E-state index contributed by atoms with van der Waals surface area (Å²) in [5.74, 6) is 0. The molecule has 4 heteroatoms. The highest BCUT2D eigenvalue weighted by molar-refractivity contribution is 4.60. The van der Waals surface area contributed by atoms with E-state index in [1.807, 2.05) is 0 Å². The predicted octanol–water partition coefficient (Wildman–Crippen LogP) is 1.44. The van der Waals surface area contributed by atoms with E-state index in [9.17, 15) is 0 Å². The number of hydrogen-bond acceptors (Lipinski definition) is 4. The van der Waals surface area contributed by atoms with E-state index >= 15 is 0 Å². The lowest BCUT2D eigenvalue weighted by Crippen LogP contribution is -2.33. The fourth-order valence-electron chi connectivity index (χ4n) is 1.31. The van der Waals surface area contributed by atoms with E-state index in [4.69, 9.17) is 14.2 Å². The predicted molar refractivity (Wildman–Crippen MR) is 65.9 cm³/mol. The summed E-state index contributed by atoms with van der Waals surface area (Å²) in [6, 6.07) is 0. The molecule has 0 rings (SSSR count). The van der Waals surface area contributed by atoms with Crippen LogP contribution in [-0.4, -0.2) is 52.7 Å². The van der Waals surface area contributed by atoms with Crippen molar-refractivity contribution >= 4 is 0 Å². The molecule has 0 aromatic carbocycles. The SMILES string of the molecule is CCCNCC(COC)OCCOCCC. The maximum atomic E-state index is 5.66. The molecular formula is C12H27NO3. The van der Waals surface area contributed by atoms with Crippen molar-refractivity contribution in [2.75, 3.05) is 46.6 Å². The second kappa shape index (κ2) is 12.9. The highest BCUT2D eigenvalue weighted by Crippen LogP contribution is 1.93. The summed E-state index contributed by atoms with van der Waals surface area (Å²) in [4.78, 5) is 0. The van der Waals surface area contributed by atoms with Gasteiger partial charge < -0.3 is 19.5 Å². The Morgan fingerprint density at radius 1 is 1.06 bits per heavy atom. The van der Waals surface area contributed by atoms with Crippen LogP contribution in [0.1, 0.15) is 26.7 Å². The van der Waals surface area contributed by atoms with Gasteiger partial charge in [0.1, 0.15) is 0 Å². The van der Waals surface area contributed by atoms with Crippen molar-refractivity contribution in [2.24, 2.45) is 0 Å². The molecule has 0 amide bonds. The Balaban J connectivity index is 3.43. The average molecular weight is 233 g/mol. The lowest BCUT2D eigenvalue weighted by Gasteiger charge is -2.17. The van der Waals surface area contributed by atoms with Gasteiger partial charge in [0.25, 0.3) is 0 Å². The Morgan fingerprint density at radius 2 is 1.88 bits per heavy atom. The minimum Gasteiger partial charge on any atom is -0.382 e. The van der Waals surface area contributed by atoms with E-state index in [-0.39, 0.29) is 6.10 Å². The molecular weight excluding hydrogens is 206 g/mol. The summed E-state index contributed by atoms with van der Waals surface area (Å²) in [7, 11) is 1.70. The van der Waals surface area contributed by atoms with E-state index in [2.05, 4.69) is 19.2 Å². The van der Waals surface area contributed by atoms with Gasteiger partial charge >= 0.3 is 0 Å². The lowest BCUT2D eigenvalue weighted by molar-refractivity contribution is -0.0271. The van der Waals surface area contributed by atoms with Gasteiger partial charge in [-0.1, -0.05) is 13.8 Å². The van der Waals surface area contributed by atoms with Crippen molar-refractivity contribution in [3.8, 4) is 0 Å². The van der Waals surface area contributed by atoms with Crippen molar-refractivity contribution in [2.45, 2.75) is 32.8 Å². The van der Waals surface area contributed by atoms with E-state index in [1.54, 1.807) is 7.11 Å². The Morgan fingerprint density at radius 3 is 2.50 bits per heavy atom. The zero-order valence-electron chi connectivity index (χ0n) is 11.0. The summed E-state index contributed by atoms with van der Waals surface area (Å²) in [6.07, 6.45) is 2.32. The van der Waals surface area contributed by atoms with Gasteiger partial charge in [0, 0.05) is 20.3 Å². The maximum absolute atomic E-state index is 5.66. The van der Waals surface area contributed by atoms with Crippen LogP contribution in [0.5, 0.6) is 0 Å². The smallest absolute Gasteiger partial charge is 0.0933 e. The minimum atomic E-state index is 0.127. The molecule has 0 saturated carbocycles. The van der Waals surface area contributed by atoms with Crippen LogP contribution >= 0.6 is 0 Å². The first-order valence-electron chi connectivity index (χ1n) is 6.24. The Labute approximate surface area is 99.6 Å². The van der Waals surface area contributed by atoms with Crippen molar-refractivity contribution in [3.63, 3.8) is 0 Å². The molecule has 0 aromatic heterocycles. The summed E-state index contributed by atoms with van der Waals surface area (Å²) < 4.78 is 16.1. The van der Waals surface area contributed by atoms with Crippen LogP contribution in [0.4, 0.5) is 0 Å². The molecule has 16 heavy (non-hydrogen) atoms. The molecule has 0 saturated heterocycles. The van der Waals surface area contributed by atoms with Gasteiger partial charge in [0.05, 0.1) is 25.9 Å². The summed E-state index contributed by atoms with van der Waals surface area (Å²) in [6.45, 7) is 8.87. The monoisotopic (exact) mass is 233 g/mol. The van der Waals surface area contributed by atoms with Gasteiger partial charge in [-0.05, 0) is 19.4 Å². The molecule has 98 valence electrons. The average Bonchev–Trinajstić information content (AvgIpc) is 2.29. The molecule has 0 aromatic rings. The van der Waals surface area contributed by atoms with Gasteiger partial charge in [-0.2, -0.15) is 0 Å². The molecule has 0 heterocycles. The molecule has 0 aliphatic heterocycles. The second-order valence-corrected chi connectivity index (χ2v) is 3.76. The van der Waals surface area contributed by atoms with E-state index in [1.165, 1.54) is 0 Å². The van der Waals surface area contributed by atoms with Crippen LogP contribution in [-0.2, 0) is 14.2 Å². The van der Waals surface area contributed by atoms with E-state index in [0.717, 1.165) is 32.5 Å². The number of methoxy groups -OCH3 is 1. The molecule has 0 aliphatic rings. The number of rotatable bonds is 12. The van der Waals surface area contributed by atoms with Crippen molar-refractivity contribution in [1.82, 2.24) is 5.32 Å². The first-order chi connectivity index (χ1) is 7.85. The third kappa shape index (κ3) is 10.4. The molecule has 0 spiro atoms. The second-order valence-electron chi connectivity index (χ2n) is 3.76. The standard InChI is InChI=1S/C12H27NO3/c1-4-6-13-10-12(11-14-3)16-9-8-15-7-5-2/h12-13H,4-11H2,1-3H3. The van der Waals surface area contributed by atoms with Gasteiger partial charge in [-0.15, -0.1) is 0 Å². The molecule has 4 nitrogen and oxygen atoms in total. The van der Waals surface area contributed by atoms with E-state index in [0.29, 0.717) is 19.8 Å². The third-order valence-corrected chi connectivity index (χ3v) is 2.08. The molecule has 0 bridgehead atoms. The molecule has 1 unspecified atom stereocenters. The van der Waals surface area contributed by atoms with Crippen LogP contribution in [0.2, 0.25) is 0 Å². The van der Waals surface area contributed by atoms with Crippen LogP contribution < -0.4 is 5.32 Å². The highest BCUT2D eigenvalue weighted by atomic mass is 16.5. The Bertz CT molecular complexity index is 133. The first-order valence-corrected chi connectivity index (χ1v) is 6.24. The number of ether oxygens (including phenoxy) is 3. The van der Waals surface area contributed by atoms with Gasteiger partial charge in [-0.25, -0.2) is 0 Å². The first kappa shape index (κ1) is 15.8. The molecule has 0 aliphatic carbocycles. The minimum absolute atomic E-state index is 0.127. The van der Waals surface area contributed by atoms with Crippen LogP contribution in [0, 0.1) is 0 Å². The maximum Gasteiger partial charge on any atom is 0.0933 e. The lowest BCUT2D eigenvalue weighted by atomic mass is 10.3. The molecule has 0 fully saturated rings. The third-order valence-electron chi connectivity index (χ3n) is 2.08. The van der Waals surface area contributed by atoms with Crippen LogP contribution in [0.25, 0.3) is 0 Å². The normalized spacial score (nSPS) is 12.9. The summed E-state index contributed by atoms with van der Waals surface area (Å²) in [5.41, 5.74) is 0.